The fraction of sp³-hybridized carbons (Fsp3) is 0.421. The van der Waals surface area contributed by atoms with Gasteiger partial charge in [-0.2, -0.15) is 4.98 Å². The number of hydrogen-bond acceptors (Lipinski definition) is 11. The number of nitrogens with zero attached hydrogens (tertiary/aromatic N) is 3. The van der Waals surface area contributed by atoms with Crippen LogP contribution >= 0.6 is 19.4 Å². The second-order valence-electron chi connectivity index (χ2n) is 7.84. The molecule has 0 saturated carbocycles. The Hall–Kier alpha value is -2.35. The lowest BCUT2D eigenvalue weighted by molar-refractivity contribution is -0.0578. The number of fused-ring (bicyclic) bond motifs is 1. The Kier molecular flexibility index (Phi) is 6.21. The molecule has 6 atom stereocenters. The molecule has 1 aromatic carbocycles. The van der Waals surface area contributed by atoms with Gasteiger partial charge >= 0.3 is 7.82 Å². The minimum atomic E-state index is -3.99. The summed E-state index contributed by atoms with van der Waals surface area (Å²) in [4.78, 5) is 22.3. The van der Waals surface area contributed by atoms with Crippen LogP contribution in [0.15, 0.2) is 35.4 Å². The Bertz CT molecular complexity index is 1320. The minimum Gasteiger partial charge on any atom is -0.387 e. The molecule has 0 aliphatic carbocycles. The van der Waals surface area contributed by atoms with Gasteiger partial charge in [-0.15, -0.1) is 0 Å². The molecule has 3 aromatic rings. The van der Waals surface area contributed by atoms with Crippen molar-refractivity contribution in [3.8, 4) is 0 Å². The van der Waals surface area contributed by atoms with Gasteiger partial charge < -0.3 is 20.7 Å². The van der Waals surface area contributed by atoms with E-state index in [9.17, 15) is 19.6 Å². The Balaban J connectivity index is 1.29. The van der Waals surface area contributed by atoms with Gasteiger partial charge in [0, 0.05) is 11.4 Å². The highest BCUT2D eigenvalue weighted by Crippen LogP contribution is 2.57. The molecule has 0 bridgehead atoms. The van der Waals surface area contributed by atoms with Crippen molar-refractivity contribution < 1.29 is 33.1 Å². The molecule has 2 fully saturated rings. The fourth-order valence-electron chi connectivity index (χ4n) is 3.90. The van der Waals surface area contributed by atoms with Crippen LogP contribution in [0.1, 0.15) is 24.3 Å². The van der Waals surface area contributed by atoms with Gasteiger partial charge in [-0.1, -0.05) is 23.7 Å². The number of aliphatic hydroxyl groups excluding tert-OH is 2. The first kappa shape index (κ1) is 23.4. The van der Waals surface area contributed by atoms with Gasteiger partial charge in [-0.25, -0.2) is 9.55 Å². The maximum Gasteiger partial charge on any atom is 0.475 e. The Morgan fingerprint density at radius 1 is 1.35 bits per heavy atom. The standard InChI is InChI=1S/C19H21ClN5O8P/c20-10-3-1-2-9(6-10)11-4-5-30-34(29,33-11)31-7-12-14(26)15(27)18(32-12)25-8-22-13-16(25)23-19(21)24-17(13)28/h1-3,6,8,11-12,14-15,18,26-27H,4-5,7H2,(H3,21,23,24,28)/t11-,12-,14-,15-,18-,34?/m1/s1. The fourth-order valence-corrected chi connectivity index (χ4v) is 5.50. The third-order valence-electron chi connectivity index (χ3n) is 5.57. The van der Waals surface area contributed by atoms with Crippen LogP contribution in [0, 0.1) is 0 Å². The topological polar surface area (TPSA) is 184 Å². The molecule has 2 aromatic heterocycles. The molecule has 5 rings (SSSR count). The number of anilines is 1. The number of nitrogens with two attached hydrogens (primary N) is 1. The molecule has 2 aliphatic rings. The van der Waals surface area contributed by atoms with Crippen molar-refractivity contribution >= 4 is 36.5 Å². The van der Waals surface area contributed by atoms with E-state index >= 15 is 0 Å². The van der Waals surface area contributed by atoms with Crippen LogP contribution in [0.25, 0.3) is 11.2 Å². The van der Waals surface area contributed by atoms with E-state index in [-0.39, 0.29) is 23.7 Å². The number of aliphatic hydroxyl groups is 2. The molecule has 1 unspecified atom stereocenters. The van der Waals surface area contributed by atoms with Crippen LogP contribution < -0.4 is 11.3 Å². The summed E-state index contributed by atoms with van der Waals surface area (Å²) in [5.41, 5.74) is 5.81. The summed E-state index contributed by atoms with van der Waals surface area (Å²) < 4.78 is 36.3. The normalized spacial score (nSPS) is 31.8. The summed E-state index contributed by atoms with van der Waals surface area (Å²) >= 11 is 6.03. The van der Waals surface area contributed by atoms with Gasteiger partial charge in [0.1, 0.15) is 18.3 Å². The second kappa shape index (κ2) is 9.02. The zero-order valence-corrected chi connectivity index (χ0v) is 19.1. The van der Waals surface area contributed by atoms with Crippen molar-refractivity contribution in [3.05, 3.63) is 51.5 Å². The molecule has 2 aliphatic heterocycles. The Morgan fingerprint density at radius 3 is 2.97 bits per heavy atom. The van der Waals surface area contributed by atoms with E-state index in [1.165, 1.54) is 10.9 Å². The van der Waals surface area contributed by atoms with Crippen molar-refractivity contribution in [1.29, 1.82) is 0 Å². The smallest absolute Gasteiger partial charge is 0.387 e. The van der Waals surface area contributed by atoms with Gasteiger partial charge in [0.25, 0.3) is 5.56 Å². The van der Waals surface area contributed by atoms with Gasteiger partial charge in [0.15, 0.2) is 17.4 Å². The number of halogens is 1. The Labute approximate surface area is 197 Å². The molecule has 0 spiro atoms. The number of phosphoric ester groups is 1. The summed E-state index contributed by atoms with van der Waals surface area (Å²) in [5.74, 6) is -0.147. The third-order valence-corrected chi connectivity index (χ3v) is 7.28. The van der Waals surface area contributed by atoms with Crippen molar-refractivity contribution in [2.24, 2.45) is 0 Å². The molecular weight excluding hydrogens is 493 g/mol. The predicted octanol–water partition coefficient (Wildman–Crippen LogP) is 1.28. The average molecular weight is 514 g/mol. The first-order chi connectivity index (χ1) is 16.2. The maximum atomic E-state index is 13.0. The van der Waals surface area contributed by atoms with Crippen LogP contribution in [0.5, 0.6) is 0 Å². The number of H-pyrrole nitrogens is 1. The number of nitrogens with one attached hydrogen (secondary N) is 1. The van der Waals surface area contributed by atoms with Gasteiger partial charge in [0.2, 0.25) is 5.95 Å². The van der Waals surface area contributed by atoms with E-state index in [4.69, 9.17) is 35.6 Å². The number of aromatic nitrogens is 4. The number of ether oxygens (including phenoxy) is 1. The van der Waals surface area contributed by atoms with Gasteiger partial charge in [0.05, 0.1) is 25.6 Å². The highest BCUT2D eigenvalue weighted by atomic mass is 35.5. The minimum absolute atomic E-state index is 0.0142. The molecule has 34 heavy (non-hydrogen) atoms. The van der Waals surface area contributed by atoms with Crippen molar-refractivity contribution in [1.82, 2.24) is 19.5 Å². The second-order valence-corrected chi connectivity index (χ2v) is 9.89. The van der Waals surface area contributed by atoms with Gasteiger partial charge in [-0.3, -0.25) is 27.9 Å². The molecule has 2 saturated heterocycles. The van der Waals surface area contributed by atoms with E-state index in [0.29, 0.717) is 11.4 Å². The highest BCUT2D eigenvalue weighted by molar-refractivity contribution is 7.48. The van der Waals surface area contributed by atoms with E-state index in [1.54, 1.807) is 24.3 Å². The SMILES string of the molecule is Nc1nc2c(ncn2[C@@H]2O[C@H](COP3(=O)OCC[C@H](c4cccc(Cl)c4)O3)[C@@H](O)[C@H]2O)c(=O)[nH]1. The number of hydrogen-bond donors (Lipinski definition) is 4. The molecule has 0 amide bonds. The van der Waals surface area contributed by atoms with Crippen molar-refractivity contribution in [3.63, 3.8) is 0 Å². The number of aromatic amines is 1. The highest BCUT2D eigenvalue weighted by Gasteiger charge is 2.46. The molecule has 0 radical (unpaired) electrons. The Morgan fingerprint density at radius 2 is 2.18 bits per heavy atom. The molecule has 182 valence electrons. The first-order valence-electron chi connectivity index (χ1n) is 10.3. The number of rotatable bonds is 5. The summed E-state index contributed by atoms with van der Waals surface area (Å²) in [6, 6.07) is 6.96. The van der Waals surface area contributed by atoms with E-state index in [1.807, 2.05) is 0 Å². The lowest BCUT2D eigenvalue weighted by atomic mass is 10.1. The lowest BCUT2D eigenvalue weighted by Gasteiger charge is -2.29. The summed E-state index contributed by atoms with van der Waals surface area (Å²) in [5, 5.41) is 21.6. The van der Waals surface area contributed by atoms with Crippen LogP contribution in [0.3, 0.4) is 0 Å². The van der Waals surface area contributed by atoms with Crippen LogP contribution in [-0.2, 0) is 22.9 Å². The predicted molar refractivity (Wildman–Crippen MR) is 118 cm³/mol. The maximum absolute atomic E-state index is 13.0. The first-order valence-corrected chi connectivity index (χ1v) is 12.1. The van der Waals surface area contributed by atoms with Crippen molar-refractivity contribution in [2.45, 2.75) is 37.1 Å². The number of nitrogen functional groups attached to an aromatic ring is 1. The zero-order valence-electron chi connectivity index (χ0n) is 17.5. The number of benzene rings is 1. The largest absolute Gasteiger partial charge is 0.475 e. The van der Waals surface area contributed by atoms with E-state index < -0.39 is 50.6 Å². The quantitative estimate of drug-likeness (QED) is 0.360. The molecular formula is C19H21ClN5O8P. The summed E-state index contributed by atoms with van der Waals surface area (Å²) in [6.07, 6.45) is -3.97. The summed E-state index contributed by atoms with van der Waals surface area (Å²) in [7, 11) is -3.99. The van der Waals surface area contributed by atoms with Crippen LogP contribution in [-0.4, -0.2) is 61.3 Å². The average Bonchev–Trinajstić information content (AvgIpc) is 3.34. The van der Waals surface area contributed by atoms with Crippen molar-refractivity contribution in [2.75, 3.05) is 18.9 Å². The monoisotopic (exact) mass is 513 g/mol. The van der Waals surface area contributed by atoms with Crippen LogP contribution in [0.2, 0.25) is 5.02 Å². The summed E-state index contributed by atoms with van der Waals surface area (Å²) in [6.45, 7) is -0.284. The van der Waals surface area contributed by atoms with Gasteiger partial charge in [-0.05, 0) is 17.7 Å². The molecule has 5 N–H and O–H groups in total. The number of phosphoric acid groups is 1. The lowest BCUT2D eigenvalue weighted by Crippen LogP contribution is -2.34. The van der Waals surface area contributed by atoms with Crippen LogP contribution in [0.4, 0.5) is 5.95 Å². The molecule has 15 heteroatoms. The third kappa shape index (κ3) is 4.37. The van der Waals surface area contributed by atoms with E-state index in [2.05, 4.69) is 15.0 Å². The molecule has 13 nitrogen and oxygen atoms in total. The zero-order chi connectivity index (χ0) is 24.0. The van der Waals surface area contributed by atoms with E-state index in [0.717, 1.165) is 5.56 Å². The number of imidazole rings is 1. The molecule has 4 heterocycles.